The van der Waals surface area contributed by atoms with Crippen LogP contribution in [-0.4, -0.2) is 23.6 Å². The normalized spacial score (nSPS) is 19.1. The Morgan fingerprint density at radius 1 is 1.32 bits per heavy atom. The van der Waals surface area contributed by atoms with Crippen LogP contribution in [0.25, 0.3) is 0 Å². The topological polar surface area (TPSA) is 46.5 Å². The molecular weight excluding hydrogens is 264 g/mol. The van der Waals surface area contributed by atoms with Crippen LogP contribution in [0.5, 0.6) is 0 Å². The van der Waals surface area contributed by atoms with Gasteiger partial charge in [-0.3, -0.25) is 0 Å². The van der Waals surface area contributed by atoms with E-state index in [9.17, 15) is 9.90 Å². The molecule has 0 heterocycles. The first-order valence-electron chi connectivity index (χ1n) is 6.70. The predicted octanol–water partition coefficient (Wildman–Crippen LogP) is 2.85. The molecule has 104 valence electrons. The van der Waals surface area contributed by atoms with Crippen LogP contribution in [0.3, 0.4) is 0 Å². The van der Waals surface area contributed by atoms with Crippen molar-refractivity contribution in [3.8, 4) is 0 Å². The summed E-state index contributed by atoms with van der Waals surface area (Å²) in [4.78, 5) is 12.3. The maximum atomic E-state index is 12.3. The molecule has 0 amide bonds. The van der Waals surface area contributed by atoms with Crippen LogP contribution >= 0.6 is 11.6 Å². The van der Waals surface area contributed by atoms with Crippen LogP contribution in [0, 0.1) is 5.92 Å². The van der Waals surface area contributed by atoms with Crippen molar-refractivity contribution in [2.24, 2.45) is 5.92 Å². The minimum absolute atomic E-state index is 0.0716. The molecule has 0 radical (unpaired) electrons. The lowest BCUT2D eigenvalue weighted by molar-refractivity contribution is -0.173. The number of carbonyl (C=O) groups is 1. The Morgan fingerprint density at radius 2 is 1.95 bits per heavy atom. The predicted molar refractivity (Wildman–Crippen MR) is 74.0 cm³/mol. The zero-order chi connectivity index (χ0) is 13.7. The van der Waals surface area contributed by atoms with Gasteiger partial charge in [-0.15, -0.1) is 11.6 Å². The van der Waals surface area contributed by atoms with Gasteiger partial charge in [0, 0.05) is 5.92 Å². The Kier molecular flexibility index (Phi) is 4.83. The quantitative estimate of drug-likeness (QED) is 0.667. The molecule has 1 aromatic carbocycles. The number of carbonyl (C=O) groups excluding carboxylic acids is 1. The number of aliphatic hydroxyl groups is 1. The Bertz CT molecular complexity index is 415. The molecule has 1 atom stereocenters. The smallest absolute Gasteiger partial charge is 0.343 e. The molecule has 3 nitrogen and oxygen atoms in total. The van der Waals surface area contributed by atoms with Gasteiger partial charge < -0.3 is 9.84 Å². The highest BCUT2D eigenvalue weighted by molar-refractivity contribution is 6.18. The average Bonchev–Trinajstić information content (AvgIpc) is 2.99. The molecule has 1 aliphatic carbocycles. The molecule has 2 rings (SSSR count). The fraction of sp³-hybridized carbons (Fsp3) is 0.533. The molecule has 1 fully saturated rings. The van der Waals surface area contributed by atoms with Gasteiger partial charge in [-0.1, -0.05) is 43.2 Å². The van der Waals surface area contributed by atoms with E-state index in [0.29, 0.717) is 5.56 Å². The first-order chi connectivity index (χ1) is 9.19. The van der Waals surface area contributed by atoms with Crippen LogP contribution < -0.4 is 0 Å². The molecule has 4 heteroatoms. The van der Waals surface area contributed by atoms with E-state index in [0.717, 1.165) is 25.7 Å². The van der Waals surface area contributed by atoms with Gasteiger partial charge in [0.15, 0.2) is 5.60 Å². The molecule has 1 aliphatic rings. The van der Waals surface area contributed by atoms with Crippen molar-refractivity contribution in [2.75, 3.05) is 12.5 Å². The summed E-state index contributed by atoms with van der Waals surface area (Å²) >= 11 is 5.54. The maximum absolute atomic E-state index is 12.3. The van der Waals surface area contributed by atoms with Gasteiger partial charge in [-0.2, -0.15) is 0 Å². The van der Waals surface area contributed by atoms with Crippen LogP contribution in [0.15, 0.2) is 30.3 Å². The van der Waals surface area contributed by atoms with Crippen molar-refractivity contribution in [3.05, 3.63) is 35.9 Å². The number of hydrogen-bond acceptors (Lipinski definition) is 3. The second-order valence-corrected chi connectivity index (χ2v) is 5.32. The van der Waals surface area contributed by atoms with Crippen molar-refractivity contribution in [1.29, 1.82) is 0 Å². The molecule has 0 spiro atoms. The number of ether oxygens (including phenoxy) is 1. The van der Waals surface area contributed by atoms with E-state index in [4.69, 9.17) is 16.3 Å². The summed E-state index contributed by atoms with van der Waals surface area (Å²) in [6, 6.07) is 9.07. The van der Waals surface area contributed by atoms with Gasteiger partial charge in [0.1, 0.15) is 6.61 Å². The van der Waals surface area contributed by atoms with Crippen LogP contribution in [0.2, 0.25) is 0 Å². The number of esters is 1. The summed E-state index contributed by atoms with van der Waals surface area (Å²) in [6.45, 7) is 0.127. The monoisotopic (exact) mass is 282 g/mol. The highest BCUT2D eigenvalue weighted by Gasteiger charge is 2.47. The Labute approximate surface area is 118 Å². The third-order valence-corrected chi connectivity index (χ3v) is 3.94. The van der Waals surface area contributed by atoms with Gasteiger partial charge in [-0.25, -0.2) is 4.79 Å². The fourth-order valence-electron chi connectivity index (χ4n) is 2.80. The second-order valence-electron chi connectivity index (χ2n) is 4.94. The Balaban J connectivity index is 2.29. The van der Waals surface area contributed by atoms with Gasteiger partial charge in [0.25, 0.3) is 0 Å². The number of halogens is 1. The lowest BCUT2D eigenvalue weighted by atomic mass is 9.80. The maximum Gasteiger partial charge on any atom is 0.343 e. The standard InChI is InChI=1S/C15H19ClO3/c16-10-11-19-14(17)15(18,13-8-4-5-9-13)12-6-2-1-3-7-12/h1-3,6-7,13,18H,4-5,8-11H2. The van der Waals surface area contributed by atoms with Gasteiger partial charge in [0.05, 0.1) is 5.88 Å². The number of alkyl halides is 1. The first kappa shape index (κ1) is 14.4. The molecule has 1 aromatic rings. The van der Waals surface area contributed by atoms with E-state index in [-0.39, 0.29) is 18.4 Å². The van der Waals surface area contributed by atoms with E-state index in [2.05, 4.69) is 0 Å². The van der Waals surface area contributed by atoms with Crippen LogP contribution in [-0.2, 0) is 15.1 Å². The van der Waals surface area contributed by atoms with E-state index in [1.165, 1.54) is 0 Å². The second kappa shape index (κ2) is 6.40. The van der Waals surface area contributed by atoms with E-state index >= 15 is 0 Å². The third kappa shape index (κ3) is 2.93. The molecule has 1 saturated carbocycles. The van der Waals surface area contributed by atoms with Gasteiger partial charge in [0.2, 0.25) is 0 Å². The summed E-state index contributed by atoms with van der Waals surface area (Å²) in [5.74, 6) is -0.412. The average molecular weight is 283 g/mol. The molecule has 19 heavy (non-hydrogen) atoms. The number of rotatable bonds is 5. The van der Waals surface area contributed by atoms with E-state index < -0.39 is 11.6 Å². The number of benzene rings is 1. The van der Waals surface area contributed by atoms with Crippen molar-refractivity contribution in [3.63, 3.8) is 0 Å². The molecule has 1 N–H and O–H groups in total. The van der Waals surface area contributed by atoms with E-state index in [1.54, 1.807) is 12.1 Å². The molecule has 0 saturated heterocycles. The van der Waals surface area contributed by atoms with Crippen molar-refractivity contribution in [1.82, 2.24) is 0 Å². The number of hydrogen-bond donors (Lipinski definition) is 1. The lowest BCUT2D eigenvalue weighted by Crippen LogP contribution is -2.43. The van der Waals surface area contributed by atoms with Gasteiger partial charge in [-0.05, 0) is 18.4 Å². The van der Waals surface area contributed by atoms with Crippen molar-refractivity contribution >= 4 is 17.6 Å². The Hall–Kier alpha value is -1.06. The van der Waals surface area contributed by atoms with E-state index in [1.807, 2.05) is 18.2 Å². The van der Waals surface area contributed by atoms with Crippen LogP contribution in [0.1, 0.15) is 31.2 Å². The highest BCUT2D eigenvalue weighted by Crippen LogP contribution is 2.41. The molecular formula is C15H19ClO3. The summed E-state index contributed by atoms with van der Waals surface area (Å²) in [6.07, 6.45) is 3.79. The lowest BCUT2D eigenvalue weighted by Gasteiger charge is -2.32. The summed E-state index contributed by atoms with van der Waals surface area (Å²) in [5, 5.41) is 11.0. The molecule has 0 aromatic heterocycles. The zero-order valence-corrected chi connectivity index (χ0v) is 11.6. The first-order valence-corrected chi connectivity index (χ1v) is 7.24. The third-order valence-electron chi connectivity index (χ3n) is 3.78. The fourth-order valence-corrected chi connectivity index (χ4v) is 2.87. The van der Waals surface area contributed by atoms with Crippen molar-refractivity contribution in [2.45, 2.75) is 31.3 Å². The summed E-state index contributed by atoms with van der Waals surface area (Å²) in [5.41, 5.74) is -0.925. The molecule has 1 unspecified atom stereocenters. The SMILES string of the molecule is O=C(OCCCl)C(O)(c1ccccc1)C1CCCC1. The molecule has 0 aliphatic heterocycles. The zero-order valence-electron chi connectivity index (χ0n) is 10.8. The van der Waals surface area contributed by atoms with Crippen molar-refractivity contribution < 1.29 is 14.6 Å². The van der Waals surface area contributed by atoms with Gasteiger partial charge >= 0.3 is 5.97 Å². The minimum Gasteiger partial charge on any atom is -0.462 e. The Morgan fingerprint density at radius 3 is 2.53 bits per heavy atom. The largest absolute Gasteiger partial charge is 0.462 e. The minimum atomic E-state index is -1.54. The van der Waals surface area contributed by atoms with Crippen LogP contribution in [0.4, 0.5) is 0 Å². The summed E-state index contributed by atoms with van der Waals surface area (Å²) < 4.78 is 5.10. The molecule has 0 bridgehead atoms. The summed E-state index contributed by atoms with van der Waals surface area (Å²) in [7, 11) is 0. The highest BCUT2D eigenvalue weighted by atomic mass is 35.5.